The minimum atomic E-state index is -0.844. The summed E-state index contributed by atoms with van der Waals surface area (Å²) in [5, 5.41) is 9.04. The van der Waals surface area contributed by atoms with Crippen LogP contribution in [0.25, 0.3) is 0 Å². The standard InChI is InChI=1S/C17H25NO2/c1-13(2)9-14-6-4-8-18(11-14)12-15-5-3-7-16(10-15)17(19)20/h3,5,7,10,13-14H,4,6,8-9,11-12H2,1-2H3,(H,19,20). The maximum Gasteiger partial charge on any atom is 0.335 e. The number of piperidine rings is 1. The number of aromatic carboxylic acids is 1. The normalized spacial score (nSPS) is 20.2. The van der Waals surface area contributed by atoms with E-state index in [9.17, 15) is 4.79 Å². The van der Waals surface area contributed by atoms with Crippen molar-refractivity contribution < 1.29 is 9.90 Å². The Kier molecular flexibility index (Phi) is 5.18. The zero-order chi connectivity index (χ0) is 14.5. The summed E-state index contributed by atoms with van der Waals surface area (Å²) in [5.74, 6) is 0.713. The van der Waals surface area contributed by atoms with Gasteiger partial charge >= 0.3 is 5.97 Å². The number of nitrogens with zero attached hydrogens (tertiary/aromatic N) is 1. The summed E-state index contributed by atoms with van der Waals surface area (Å²) in [6, 6.07) is 7.32. The molecular formula is C17H25NO2. The van der Waals surface area contributed by atoms with Crippen LogP contribution in [0.2, 0.25) is 0 Å². The van der Waals surface area contributed by atoms with E-state index in [4.69, 9.17) is 5.11 Å². The van der Waals surface area contributed by atoms with Crippen LogP contribution < -0.4 is 0 Å². The number of carbonyl (C=O) groups is 1. The van der Waals surface area contributed by atoms with Crippen LogP contribution in [0, 0.1) is 11.8 Å². The largest absolute Gasteiger partial charge is 0.478 e. The van der Waals surface area contributed by atoms with Crippen LogP contribution in [0.15, 0.2) is 24.3 Å². The van der Waals surface area contributed by atoms with E-state index in [0.717, 1.165) is 37.0 Å². The van der Waals surface area contributed by atoms with Gasteiger partial charge < -0.3 is 5.11 Å². The molecule has 1 heterocycles. The average Bonchev–Trinajstić information content (AvgIpc) is 2.38. The molecular weight excluding hydrogens is 250 g/mol. The van der Waals surface area contributed by atoms with E-state index in [1.807, 2.05) is 12.1 Å². The third-order valence-corrected chi connectivity index (χ3v) is 3.99. The summed E-state index contributed by atoms with van der Waals surface area (Å²) in [7, 11) is 0. The van der Waals surface area contributed by atoms with Gasteiger partial charge in [0, 0.05) is 13.1 Å². The number of hydrogen-bond donors (Lipinski definition) is 1. The van der Waals surface area contributed by atoms with Gasteiger partial charge in [-0.15, -0.1) is 0 Å². The van der Waals surface area contributed by atoms with Crippen LogP contribution >= 0.6 is 0 Å². The predicted octanol–water partition coefficient (Wildman–Crippen LogP) is 3.64. The Morgan fingerprint density at radius 3 is 2.95 bits per heavy atom. The van der Waals surface area contributed by atoms with Gasteiger partial charge in [-0.1, -0.05) is 26.0 Å². The number of carboxylic acids is 1. The van der Waals surface area contributed by atoms with Crippen molar-refractivity contribution in [1.82, 2.24) is 4.90 Å². The Labute approximate surface area is 121 Å². The Balaban J connectivity index is 1.95. The Morgan fingerprint density at radius 2 is 2.25 bits per heavy atom. The zero-order valence-electron chi connectivity index (χ0n) is 12.5. The lowest BCUT2D eigenvalue weighted by molar-refractivity contribution is 0.0696. The van der Waals surface area contributed by atoms with Gasteiger partial charge in [-0.3, -0.25) is 4.90 Å². The number of likely N-dealkylation sites (tertiary alicyclic amines) is 1. The number of hydrogen-bond acceptors (Lipinski definition) is 2. The van der Waals surface area contributed by atoms with Crippen LogP contribution in [0.4, 0.5) is 0 Å². The molecule has 1 aliphatic heterocycles. The van der Waals surface area contributed by atoms with Gasteiger partial charge in [0.25, 0.3) is 0 Å². The summed E-state index contributed by atoms with van der Waals surface area (Å²) in [6.45, 7) is 7.72. The van der Waals surface area contributed by atoms with Gasteiger partial charge in [-0.2, -0.15) is 0 Å². The molecule has 110 valence electrons. The molecule has 3 nitrogen and oxygen atoms in total. The number of benzene rings is 1. The predicted molar refractivity (Wildman–Crippen MR) is 80.9 cm³/mol. The third kappa shape index (κ3) is 4.34. The molecule has 0 aliphatic carbocycles. The molecule has 0 saturated carbocycles. The fraction of sp³-hybridized carbons (Fsp3) is 0.588. The molecule has 0 amide bonds. The van der Waals surface area contributed by atoms with E-state index in [-0.39, 0.29) is 0 Å². The molecule has 1 saturated heterocycles. The van der Waals surface area contributed by atoms with Crippen molar-refractivity contribution in [2.45, 2.75) is 39.7 Å². The summed E-state index contributed by atoms with van der Waals surface area (Å²) in [4.78, 5) is 13.5. The molecule has 0 radical (unpaired) electrons. The SMILES string of the molecule is CC(C)CC1CCCN(Cc2cccc(C(=O)O)c2)C1. The van der Waals surface area contributed by atoms with Gasteiger partial charge in [0.15, 0.2) is 0 Å². The van der Waals surface area contributed by atoms with Gasteiger partial charge in [-0.05, 0) is 55.3 Å². The zero-order valence-corrected chi connectivity index (χ0v) is 12.5. The van der Waals surface area contributed by atoms with Crippen molar-refractivity contribution >= 4 is 5.97 Å². The number of rotatable bonds is 5. The monoisotopic (exact) mass is 275 g/mol. The lowest BCUT2D eigenvalue weighted by Gasteiger charge is -2.33. The lowest BCUT2D eigenvalue weighted by atomic mass is 9.89. The molecule has 1 unspecified atom stereocenters. The van der Waals surface area contributed by atoms with Crippen molar-refractivity contribution in [3.8, 4) is 0 Å². The fourth-order valence-electron chi connectivity index (χ4n) is 3.21. The summed E-state index contributed by atoms with van der Waals surface area (Å²) >= 11 is 0. The van der Waals surface area contributed by atoms with Gasteiger partial charge in [0.2, 0.25) is 0 Å². The van der Waals surface area contributed by atoms with Crippen LogP contribution in [0.3, 0.4) is 0 Å². The first-order valence-corrected chi connectivity index (χ1v) is 7.59. The third-order valence-electron chi connectivity index (χ3n) is 3.99. The minimum absolute atomic E-state index is 0.387. The molecule has 0 aromatic heterocycles. The smallest absolute Gasteiger partial charge is 0.335 e. The summed E-state index contributed by atoms with van der Waals surface area (Å²) < 4.78 is 0. The molecule has 1 fully saturated rings. The average molecular weight is 275 g/mol. The van der Waals surface area contributed by atoms with Crippen molar-refractivity contribution in [1.29, 1.82) is 0 Å². The molecule has 1 atom stereocenters. The van der Waals surface area contributed by atoms with E-state index in [0.29, 0.717) is 5.56 Å². The Bertz CT molecular complexity index is 456. The van der Waals surface area contributed by atoms with Gasteiger partial charge in [0.05, 0.1) is 5.56 Å². The second kappa shape index (κ2) is 6.89. The minimum Gasteiger partial charge on any atom is -0.478 e. The molecule has 20 heavy (non-hydrogen) atoms. The van der Waals surface area contributed by atoms with Crippen LogP contribution in [-0.2, 0) is 6.54 Å². The van der Waals surface area contributed by atoms with Crippen LogP contribution in [-0.4, -0.2) is 29.1 Å². The number of carboxylic acid groups (broad SMARTS) is 1. The fourth-order valence-corrected chi connectivity index (χ4v) is 3.21. The van der Waals surface area contributed by atoms with E-state index < -0.39 is 5.97 Å². The molecule has 1 N–H and O–H groups in total. The second-order valence-electron chi connectivity index (χ2n) is 6.38. The Morgan fingerprint density at radius 1 is 1.45 bits per heavy atom. The Hall–Kier alpha value is -1.35. The first-order chi connectivity index (χ1) is 9.54. The van der Waals surface area contributed by atoms with Gasteiger partial charge in [0.1, 0.15) is 0 Å². The van der Waals surface area contributed by atoms with Crippen molar-refractivity contribution in [3.63, 3.8) is 0 Å². The van der Waals surface area contributed by atoms with Crippen LogP contribution in [0.5, 0.6) is 0 Å². The molecule has 1 aliphatic rings. The van der Waals surface area contributed by atoms with Crippen molar-refractivity contribution in [3.05, 3.63) is 35.4 Å². The molecule has 0 bridgehead atoms. The topological polar surface area (TPSA) is 40.5 Å². The van der Waals surface area contributed by atoms with E-state index in [2.05, 4.69) is 18.7 Å². The molecule has 1 aromatic carbocycles. The highest BCUT2D eigenvalue weighted by atomic mass is 16.4. The first kappa shape index (κ1) is 15.0. The molecule has 3 heteroatoms. The molecule has 0 spiro atoms. The van der Waals surface area contributed by atoms with Crippen molar-refractivity contribution in [2.24, 2.45) is 11.8 Å². The molecule has 1 aromatic rings. The second-order valence-corrected chi connectivity index (χ2v) is 6.38. The lowest BCUT2D eigenvalue weighted by Crippen LogP contribution is -2.35. The highest BCUT2D eigenvalue weighted by Crippen LogP contribution is 2.24. The summed E-state index contributed by atoms with van der Waals surface area (Å²) in [5.41, 5.74) is 1.49. The van der Waals surface area contributed by atoms with E-state index in [1.165, 1.54) is 19.3 Å². The summed E-state index contributed by atoms with van der Waals surface area (Å²) in [6.07, 6.45) is 3.89. The highest BCUT2D eigenvalue weighted by Gasteiger charge is 2.20. The highest BCUT2D eigenvalue weighted by molar-refractivity contribution is 5.87. The van der Waals surface area contributed by atoms with Crippen LogP contribution in [0.1, 0.15) is 49.0 Å². The first-order valence-electron chi connectivity index (χ1n) is 7.59. The quantitative estimate of drug-likeness (QED) is 0.892. The van der Waals surface area contributed by atoms with Gasteiger partial charge in [-0.25, -0.2) is 4.79 Å². The van der Waals surface area contributed by atoms with Crippen molar-refractivity contribution in [2.75, 3.05) is 13.1 Å². The maximum absolute atomic E-state index is 11.0. The molecule has 2 rings (SSSR count). The van der Waals surface area contributed by atoms with E-state index in [1.54, 1.807) is 12.1 Å². The maximum atomic E-state index is 11.0. The van der Waals surface area contributed by atoms with E-state index >= 15 is 0 Å².